The molecule has 0 saturated carbocycles. The molecule has 6 heteroatoms. The van der Waals surface area contributed by atoms with E-state index in [0.717, 1.165) is 12.8 Å². The van der Waals surface area contributed by atoms with E-state index in [-0.39, 0.29) is 50.6 Å². The molecule has 0 aromatic carbocycles. The Morgan fingerprint density at radius 1 is 0.773 bits per heavy atom. The number of unbranched alkanes of at least 4 members (excludes halogenated alkanes) is 1. The van der Waals surface area contributed by atoms with Gasteiger partial charge >= 0.3 is 11.9 Å². The number of esters is 2. The van der Waals surface area contributed by atoms with Gasteiger partial charge in [-0.2, -0.15) is 0 Å². The van der Waals surface area contributed by atoms with Crippen LogP contribution in [0.25, 0.3) is 0 Å². The summed E-state index contributed by atoms with van der Waals surface area (Å²) in [4.78, 5) is 22.8. The molecule has 2 unspecified atom stereocenters. The lowest BCUT2D eigenvalue weighted by Gasteiger charge is -2.11. The fraction of sp³-hybridized carbons (Fsp3) is 0.875. The zero-order chi connectivity index (χ0) is 16.8. The summed E-state index contributed by atoms with van der Waals surface area (Å²) in [5.74, 6) is -0.617. The van der Waals surface area contributed by atoms with Crippen molar-refractivity contribution < 1.29 is 28.5 Å². The van der Waals surface area contributed by atoms with Gasteiger partial charge in [0.05, 0.1) is 12.2 Å². The average Bonchev–Trinajstić information content (AvgIpc) is 2.51. The lowest BCUT2D eigenvalue weighted by atomic mass is 10.2. The van der Waals surface area contributed by atoms with Crippen LogP contribution in [0.2, 0.25) is 0 Å². The number of hydrogen-bond acceptors (Lipinski definition) is 6. The van der Waals surface area contributed by atoms with Crippen molar-refractivity contribution in [2.75, 3.05) is 13.6 Å². The van der Waals surface area contributed by atoms with Crippen molar-refractivity contribution in [2.24, 2.45) is 0 Å². The summed E-state index contributed by atoms with van der Waals surface area (Å²) in [7, 11) is 0. The van der Waals surface area contributed by atoms with Crippen LogP contribution in [-0.4, -0.2) is 37.7 Å². The van der Waals surface area contributed by atoms with Crippen molar-refractivity contribution in [1.29, 1.82) is 0 Å². The third-order valence-corrected chi connectivity index (χ3v) is 3.31. The molecule has 0 amide bonds. The van der Waals surface area contributed by atoms with Gasteiger partial charge in [-0.25, -0.2) is 0 Å². The van der Waals surface area contributed by atoms with Gasteiger partial charge in [-0.05, 0) is 39.5 Å². The highest BCUT2D eigenvalue weighted by molar-refractivity contribution is 5.70. The summed E-state index contributed by atoms with van der Waals surface area (Å²) in [6.45, 7) is 7.82. The van der Waals surface area contributed by atoms with E-state index in [0.29, 0.717) is 12.8 Å². The molecule has 6 nitrogen and oxygen atoms in total. The Morgan fingerprint density at radius 3 is 1.45 bits per heavy atom. The first-order valence-corrected chi connectivity index (χ1v) is 8.04. The molecule has 0 aliphatic rings. The fourth-order valence-corrected chi connectivity index (χ4v) is 1.35. The van der Waals surface area contributed by atoms with Crippen LogP contribution in [0.1, 0.15) is 66.2 Å². The van der Waals surface area contributed by atoms with Gasteiger partial charge < -0.3 is 18.9 Å². The standard InChI is InChI=1S/C16H30O6/c1-5-13(3)19-11-21-15(17)9-7-8-10-16(18)22-12-20-14(4)6-2/h13-14H,5-12H2,1-4H3. The molecule has 0 rings (SSSR count). The maximum atomic E-state index is 11.4. The van der Waals surface area contributed by atoms with Crippen molar-refractivity contribution in [3.63, 3.8) is 0 Å². The van der Waals surface area contributed by atoms with Crippen molar-refractivity contribution in [1.82, 2.24) is 0 Å². The molecule has 0 spiro atoms. The minimum atomic E-state index is -0.309. The van der Waals surface area contributed by atoms with Gasteiger partial charge in [-0.3, -0.25) is 9.59 Å². The van der Waals surface area contributed by atoms with Gasteiger partial charge in [0, 0.05) is 12.8 Å². The molecule has 0 aromatic rings. The van der Waals surface area contributed by atoms with E-state index in [1.165, 1.54) is 0 Å². The van der Waals surface area contributed by atoms with Crippen LogP contribution in [0, 0.1) is 0 Å². The van der Waals surface area contributed by atoms with Crippen LogP contribution < -0.4 is 0 Å². The fourth-order valence-electron chi connectivity index (χ4n) is 1.35. The van der Waals surface area contributed by atoms with E-state index < -0.39 is 0 Å². The van der Waals surface area contributed by atoms with Crippen LogP contribution in [0.4, 0.5) is 0 Å². The predicted octanol–water partition coefficient (Wildman–Crippen LogP) is 3.18. The van der Waals surface area contributed by atoms with Crippen LogP contribution in [0.5, 0.6) is 0 Å². The highest BCUT2D eigenvalue weighted by Gasteiger charge is 2.07. The topological polar surface area (TPSA) is 71.1 Å². The molecular weight excluding hydrogens is 288 g/mol. The second-order valence-corrected chi connectivity index (χ2v) is 5.25. The number of carbonyl (C=O) groups is 2. The first-order chi connectivity index (χ1) is 10.5. The lowest BCUT2D eigenvalue weighted by molar-refractivity contribution is -0.162. The molecule has 0 aromatic heterocycles. The van der Waals surface area contributed by atoms with Crippen molar-refractivity contribution in [3.05, 3.63) is 0 Å². The second kappa shape index (κ2) is 13.5. The molecule has 2 atom stereocenters. The number of rotatable bonds is 13. The molecule has 0 N–H and O–H groups in total. The van der Waals surface area contributed by atoms with Gasteiger partial charge in [0.15, 0.2) is 13.6 Å². The third-order valence-electron chi connectivity index (χ3n) is 3.31. The Hall–Kier alpha value is -1.14. The zero-order valence-corrected chi connectivity index (χ0v) is 14.3. The van der Waals surface area contributed by atoms with Crippen molar-refractivity contribution in [2.45, 2.75) is 78.4 Å². The SMILES string of the molecule is CCC(C)OCOC(=O)CCCCC(=O)OCOC(C)CC. The number of ether oxygens (including phenoxy) is 4. The Bertz CT molecular complexity index is 275. The molecule has 22 heavy (non-hydrogen) atoms. The molecule has 0 aliphatic carbocycles. The molecule has 0 heterocycles. The zero-order valence-electron chi connectivity index (χ0n) is 14.3. The molecule has 0 fully saturated rings. The Labute approximate surface area is 133 Å². The van der Waals surface area contributed by atoms with E-state index in [9.17, 15) is 9.59 Å². The maximum Gasteiger partial charge on any atom is 0.307 e. The molecule has 0 radical (unpaired) electrons. The number of hydrogen-bond donors (Lipinski definition) is 0. The van der Waals surface area contributed by atoms with Crippen molar-refractivity contribution >= 4 is 11.9 Å². The Morgan fingerprint density at radius 2 is 1.14 bits per heavy atom. The summed E-state index contributed by atoms with van der Waals surface area (Å²) in [5.41, 5.74) is 0. The summed E-state index contributed by atoms with van der Waals surface area (Å²) >= 11 is 0. The third kappa shape index (κ3) is 12.6. The minimum absolute atomic E-state index is 0.0111. The van der Waals surface area contributed by atoms with Crippen molar-refractivity contribution in [3.8, 4) is 0 Å². The van der Waals surface area contributed by atoms with E-state index in [2.05, 4.69) is 0 Å². The van der Waals surface area contributed by atoms with Gasteiger partial charge in [0.1, 0.15) is 0 Å². The second-order valence-electron chi connectivity index (χ2n) is 5.25. The molecule has 0 saturated heterocycles. The molecule has 0 aliphatic heterocycles. The normalized spacial score (nSPS) is 13.5. The van der Waals surface area contributed by atoms with Gasteiger partial charge in [0.25, 0.3) is 0 Å². The van der Waals surface area contributed by atoms with E-state index in [4.69, 9.17) is 18.9 Å². The maximum absolute atomic E-state index is 11.4. The van der Waals surface area contributed by atoms with E-state index >= 15 is 0 Å². The van der Waals surface area contributed by atoms with E-state index in [1.54, 1.807) is 0 Å². The highest BCUT2D eigenvalue weighted by atomic mass is 16.7. The summed E-state index contributed by atoms with van der Waals surface area (Å²) in [6, 6.07) is 0. The summed E-state index contributed by atoms with van der Waals surface area (Å²) < 4.78 is 20.4. The minimum Gasteiger partial charge on any atom is -0.438 e. The van der Waals surface area contributed by atoms with Crippen LogP contribution >= 0.6 is 0 Å². The first-order valence-electron chi connectivity index (χ1n) is 8.04. The van der Waals surface area contributed by atoms with Gasteiger partial charge in [-0.1, -0.05) is 13.8 Å². The summed E-state index contributed by atoms with van der Waals surface area (Å²) in [5, 5.41) is 0. The largest absolute Gasteiger partial charge is 0.438 e. The van der Waals surface area contributed by atoms with Crippen LogP contribution in [0.15, 0.2) is 0 Å². The molecular formula is C16H30O6. The smallest absolute Gasteiger partial charge is 0.307 e. The predicted molar refractivity (Wildman–Crippen MR) is 82.1 cm³/mol. The lowest BCUT2D eigenvalue weighted by Crippen LogP contribution is -2.14. The average molecular weight is 318 g/mol. The van der Waals surface area contributed by atoms with Gasteiger partial charge in [0.2, 0.25) is 0 Å². The Kier molecular flexibility index (Phi) is 12.8. The summed E-state index contributed by atoms with van der Waals surface area (Å²) in [6.07, 6.45) is 3.65. The molecule has 130 valence electrons. The quantitative estimate of drug-likeness (QED) is 0.295. The highest BCUT2D eigenvalue weighted by Crippen LogP contribution is 2.04. The first kappa shape index (κ1) is 20.9. The Balaban J connectivity index is 3.47. The van der Waals surface area contributed by atoms with Crippen LogP contribution in [0.3, 0.4) is 0 Å². The van der Waals surface area contributed by atoms with E-state index in [1.807, 2.05) is 27.7 Å². The monoisotopic (exact) mass is 318 g/mol. The van der Waals surface area contributed by atoms with Gasteiger partial charge in [-0.15, -0.1) is 0 Å². The molecule has 0 bridgehead atoms. The van der Waals surface area contributed by atoms with Crippen LogP contribution in [-0.2, 0) is 28.5 Å². The number of carbonyl (C=O) groups excluding carboxylic acids is 2.